The molecule has 0 saturated carbocycles. The second-order valence-corrected chi connectivity index (χ2v) is 6.54. The van der Waals surface area contributed by atoms with Crippen molar-refractivity contribution in [2.75, 3.05) is 30.1 Å². The van der Waals surface area contributed by atoms with E-state index in [1.807, 2.05) is 32.2 Å². The van der Waals surface area contributed by atoms with Crippen molar-refractivity contribution in [2.45, 2.75) is 20.8 Å². The molecule has 0 aromatic carbocycles. The van der Waals surface area contributed by atoms with Crippen molar-refractivity contribution in [3.63, 3.8) is 0 Å². The van der Waals surface area contributed by atoms with E-state index < -0.39 is 0 Å². The van der Waals surface area contributed by atoms with Gasteiger partial charge < -0.3 is 4.74 Å². The Bertz CT molecular complexity index is 660. The molecular weight excluding hydrogens is 324 g/mol. The molecule has 2 rings (SSSR count). The molecule has 0 aliphatic carbocycles. The van der Waals surface area contributed by atoms with Gasteiger partial charge in [0.15, 0.2) is 0 Å². The second kappa shape index (κ2) is 8.73. The lowest BCUT2D eigenvalue weighted by Gasteiger charge is -2.24. The number of thioether (sulfide) groups is 1. The Labute approximate surface area is 147 Å². The molecular formula is C17H24N4O2S. The summed E-state index contributed by atoms with van der Waals surface area (Å²) in [5, 5.41) is 4.52. The van der Waals surface area contributed by atoms with Crippen molar-refractivity contribution >= 4 is 23.5 Å². The minimum absolute atomic E-state index is 0.334. The molecule has 24 heavy (non-hydrogen) atoms. The highest BCUT2D eigenvalue weighted by Crippen LogP contribution is 2.23. The van der Waals surface area contributed by atoms with E-state index in [2.05, 4.69) is 23.3 Å². The van der Waals surface area contributed by atoms with Crippen LogP contribution in [0.25, 0.3) is 5.69 Å². The molecule has 0 aliphatic heterocycles. The molecule has 1 amide bonds. The maximum absolute atomic E-state index is 12.4. The predicted octanol–water partition coefficient (Wildman–Crippen LogP) is 3.54. The molecule has 0 fully saturated rings. The average molecular weight is 348 g/mol. The first-order chi connectivity index (χ1) is 11.6. The van der Waals surface area contributed by atoms with E-state index in [0.29, 0.717) is 19.1 Å². The van der Waals surface area contributed by atoms with E-state index in [1.165, 1.54) is 0 Å². The number of aryl methyl sites for hydroxylation is 1. The van der Waals surface area contributed by atoms with E-state index in [1.54, 1.807) is 33.7 Å². The van der Waals surface area contributed by atoms with E-state index in [-0.39, 0.29) is 6.09 Å². The largest absolute Gasteiger partial charge is 0.449 e. The lowest BCUT2D eigenvalue weighted by Crippen LogP contribution is -2.36. The Hall–Kier alpha value is -2.02. The van der Waals surface area contributed by atoms with Crippen LogP contribution in [0.2, 0.25) is 0 Å². The van der Waals surface area contributed by atoms with Crippen LogP contribution in [0.5, 0.6) is 0 Å². The summed E-state index contributed by atoms with van der Waals surface area (Å²) in [6.07, 6.45) is 7.04. The summed E-state index contributed by atoms with van der Waals surface area (Å²) in [7, 11) is 0. The van der Waals surface area contributed by atoms with Crippen LogP contribution < -0.4 is 4.90 Å². The van der Waals surface area contributed by atoms with Crippen LogP contribution in [0.4, 0.5) is 10.5 Å². The molecule has 130 valence electrons. The van der Waals surface area contributed by atoms with Gasteiger partial charge in [0.1, 0.15) is 0 Å². The Kier molecular flexibility index (Phi) is 6.66. The van der Waals surface area contributed by atoms with Crippen LogP contribution in [0.3, 0.4) is 0 Å². The molecule has 0 bridgehead atoms. The first-order valence-corrected chi connectivity index (χ1v) is 9.36. The van der Waals surface area contributed by atoms with Crippen molar-refractivity contribution in [1.29, 1.82) is 0 Å². The lowest BCUT2D eigenvalue weighted by molar-refractivity contribution is 0.159. The van der Waals surface area contributed by atoms with Gasteiger partial charge in [0, 0.05) is 12.7 Å². The molecule has 7 heteroatoms. The third-order valence-corrected chi connectivity index (χ3v) is 4.41. The SMILES string of the molecule is CCOC(=O)N(CC(C)CSC)c1cn(-c2cccnc2)nc1C. The molecule has 6 nitrogen and oxygen atoms in total. The highest BCUT2D eigenvalue weighted by molar-refractivity contribution is 7.98. The van der Waals surface area contributed by atoms with E-state index in [4.69, 9.17) is 4.74 Å². The molecule has 0 radical (unpaired) electrons. The van der Waals surface area contributed by atoms with Gasteiger partial charge in [0.2, 0.25) is 0 Å². The number of carbonyl (C=O) groups excluding carboxylic acids is 1. The maximum Gasteiger partial charge on any atom is 0.414 e. The summed E-state index contributed by atoms with van der Waals surface area (Å²) in [6.45, 7) is 6.78. The minimum Gasteiger partial charge on any atom is -0.449 e. The zero-order chi connectivity index (χ0) is 17.5. The Balaban J connectivity index is 2.31. The normalized spacial score (nSPS) is 12.0. The van der Waals surface area contributed by atoms with Gasteiger partial charge in [-0.05, 0) is 43.9 Å². The molecule has 2 aromatic heterocycles. The van der Waals surface area contributed by atoms with E-state index in [9.17, 15) is 4.79 Å². The third-order valence-electron chi connectivity index (χ3n) is 3.51. The maximum atomic E-state index is 12.4. The average Bonchev–Trinajstić information content (AvgIpc) is 2.95. The Morgan fingerprint density at radius 3 is 2.92 bits per heavy atom. The first kappa shape index (κ1) is 18.3. The number of ether oxygens (including phenoxy) is 1. The van der Waals surface area contributed by atoms with Gasteiger partial charge in [-0.2, -0.15) is 16.9 Å². The molecule has 0 aliphatic rings. The van der Waals surface area contributed by atoms with Gasteiger partial charge in [0.25, 0.3) is 0 Å². The van der Waals surface area contributed by atoms with Crippen molar-refractivity contribution in [3.05, 3.63) is 36.4 Å². The highest BCUT2D eigenvalue weighted by Gasteiger charge is 2.23. The van der Waals surface area contributed by atoms with Gasteiger partial charge >= 0.3 is 6.09 Å². The predicted molar refractivity (Wildman–Crippen MR) is 98.0 cm³/mol. The minimum atomic E-state index is -0.334. The van der Waals surface area contributed by atoms with Crippen LogP contribution in [-0.2, 0) is 4.74 Å². The van der Waals surface area contributed by atoms with Crippen molar-refractivity contribution in [3.8, 4) is 5.69 Å². The quantitative estimate of drug-likeness (QED) is 0.766. The summed E-state index contributed by atoms with van der Waals surface area (Å²) in [5.41, 5.74) is 2.40. The fraction of sp³-hybridized carbons (Fsp3) is 0.471. The van der Waals surface area contributed by atoms with Gasteiger partial charge in [0.05, 0.1) is 36.1 Å². The number of nitrogens with zero attached hydrogens (tertiary/aromatic N) is 4. The number of rotatable bonds is 7. The summed E-state index contributed by atoms with van der Waals surface area (Å²) in [4.78, 5) is 18.2. The Morgan fingerprint density at radius 2 is 2.29 bits per heavy atom. The summed E-state index contributed by atoms with van der Waals surface area (Å²) >= 11 is 1.77. The number of hydrogen-bond acceptors (Lipinski definition) is 5. The summed E-state index contributed by atoms with van der Waals surface area (Å²) < 4.78 is 6.98. The number of pyridine rings is 1. The number of carbonyl (C=O) groups is 1. The zero-order valence-electron chi connectivity index (χ0n) is 14.6. The highest BCUT2D eigenvalue weighted by atomic mass is 32.2. The number of hydrogen-bond donors (Lipinski definition) is 0. The van der Waals surface area contributed by atoms with Crippen LogP contribution >= 0.6 is 11.8 Å². The fourth-order valence-corrected chi connectivity index (χ4v) is 3.13. The lowest BCUT2D eigenvalue weighted by atomic mass is 10.2. The molecule has 1 atom stereocenters. The third kappa shape index (κ3) is 4.50. The van der Waals surface area contributed by atoms with Crippen molar-refractivity contribution in [2.24, 2.45) is 5.92 Å². The van der Waals surface area contributed by atoms with Gasteiger partial charge in [-0.1, -0.05) is 6.92 Å². The Morgan fingerprint density at radius 1 is 1.50 bits per heavy atom. The van der Waals surface area contributed by atoms with Gasteiger partial charge in [-0.25, -0.2) is 9.48 Å². The first-order valence-electron chi connectivity index (χ1n) is 7.96. The van der Waals surface area contributed by atoms with E-state index in [0.717, 1.165) is 22.8 Å². The van der Waals surface area contributed by atoms with Gasteiger partial charge in [-0.3, -0.25) is 9.88 Å². The number of amides is 1. The van der Waals surface area contributed by atoms with Crippen LogP contribution in [0.15, 0.2) is 30.7 Å². The molecule has 2 aromatic rings. The van der Waals surface area contributed by atoms with Crippen LogP contribution in [0.1, 0.15) is 19.5 Å². The van der Waals surface area contributed by atoms with Crippen LogP contribution in [0, 0.1) is 12.8 Å². The monoisotopic (exact) mass is 348 g/mol. The zero-order valence-corrected chi connectivity index (χ0v) is 15.4. The standard InChI is InChI=1S/C17H24N4O2S/c1-5-23-17(22)20(10-13(2)12-24-4)16-11-21(19-14(16)3)15-7-6-8-18-9-15/h6-9,11,13H,5,10,12H2,1-4H3. The van der Waals surface area contributed by atoms with E-state index >= 15 is 0 Å². The molecule has 2 heterocycles. The second-order valence-electron chi connectivity index (χ2n) is 5.63. The van der Waals surface area contributed by atoms with Crippen LogP contribution in [-0.4, -0.2) is 46.0 Å². The number of anilines is 1. The summed E-state index contributed by atoms with van der Waals surface area (Å²) in [6, 6.07) is 3.78. The van der Waals surface area contributed by atoms with Crippen molar-refractivity contribution in [1.82, 2.24) is 14.8 Å². The number of aromatic nitrogens is 3. The smallest absolute Gasteiger partial charge is 0.414 e. The summed E-state index contributed by atoms with van der Waals surface area (Å²) in [5.74, 6) is 1.33. The van der Waals surface area contributed by atoms with Gasteiger partial charge in [-0.15, -0.1) is 0 Å². The molecule has 1 unspecified atom stereocenters. The van der Waals surface area contributed by atoms with Crippen molar-refractivity contribution < 1.29 is 9.53 Å². The topological polar surface area (TPSA) is 60.2 Å². The molecule has 0 N–H and O–H groups in total. The molecule has 0 saturated heterocycles. The fourth-order valence-electron chi connectivity index (χ4n) is 2.46. The molecule has 0 spiro atoms.